The average molecular weight is 837 g/mol. The van der Waals surface area contributed by atoms with Gasteiger partial charge in [0.2, 0.25) is 0 Å². The molecule has 0 spiro atoms. The molecule has 0 fully saturated rings. The van der Waals surface area contributed by atoms with E-state index in [4.69, 9.17) is 14.2 Å². The molecule has 6 heteroatoms. The molecular weight excluding hydrogens is 745 g/mol. The summed E-state index contributed by atoms with van der Waals surface area (Å²) in [6.45, 7) is 6.50. The zero-order valence-corrected chi connectivity index (χ0v) is 39.2. The summed E-state index contributed by atoms with van der Waals surface area (Å²) in [5, 5.41) is 0. The molecule has 1 unspecified atom stereocenters. The van der Waals surface area contributed by atoms with E-state index in [2.05, 4.69) is 93.7 Å². The van der Waals surface area contributed by atoms with Gasteiger partial charge in [-0.25, -0.2) is 0 Å². The van der Waals surface area contributed by atoms with Gasteiger partial charge in [0, 0.05) is 19.3 Å². The molecule has 0 N–H and O–H groups in total. The van der Waals surface area contributed by atoms with Gasteiger partial charge in [-0.15, -0.1) is 0 Å². The molecule has 0 saturated carbocycles. The second-order valence-corrected chi connectivity index (χ2v) is 16.5. The van der Waals surface area contributed by atoms with E-state index in [9.17, 15) is 14.4 Å². The second-order valence-electron chi connectivity index (χ2n) is 16.5. The predicted octanol–water partition coefficient (Wildman–Crippen LogP) is 16.3. The van der Waals surface area contributed by atoms with Crippen molar-refractivity contribution in [2.24, 2.45) is 0 Å². The lowest BCUT2D eigenvalue weighted by Crippen LogP contribution is -2.30. The van der Waals surface area contributed by atoms with Crippen LogP contribution in [0.25, 0.3) is 0 Å². The van der Waals surface area contributed by atoms with E-state index in [0.717, 1.165) is 89.9 Å². The number of esters is 3. The van der Waals surface area contributed by atoms with E-state index >= 15 is 0 Å². The molecule has 0 radical (unpaired) electrons. The highest BCUT2D eigenvalue weighted by atomic mass is 16.6. The molecule has 0 aromatic rings. The van der Waals surface area contributed by atoms with Crippen LogP contribution in [-0.4, -0.2) is 37.2 Å². The number of hydrogen-bond donors (Lipinski definition) is 0. The van der Waals surface area contributed by atoms with Crippen LogP contribution >= 0.6 is 0 Å². The van der Waals surface area contributed by atoms with E-state index in [-0.39, 0.29) is 31.1 Å². The summed E-state index contributed by atoms with van der Waals surface area (Å²) < 4.78 is 16.7. The van der Waals surface area contributed by atoms with Gasteiger partial charge in [0.15, 0.2) is 6.10 Å². The van der Waals surface area contributed by atoms with E-state index in [1.54, 1.807) is 0 Å². The standard InChI is InChI=1S/C54H92O6/c1-4-7-10-13-16-19-21-23-25-26-27-29-30-32-35-38-41-44-47-53(56)59-50-51(49-58-52(55)46-43-40-37-34-18-15-12-9-6-3)60-54(57)48-45-42-39-36-33-31-28-24-22-20-17-14-11-8-5-2/h17,20-27,29,34,37,51H,4-16,18-19,28,30-33,35-36,38-50H2,1-3H3/b20-17-,23-21-,24-22-,26-25-,29-27-,37-34-. The van der Waals surface area contributed by atoms with Crippen molar-refractivity contribution in [3.05, 3.63) is 72.9 Å². The Balaban J connectivity index is 4.42. The molecular formula is C54H92O6. The lowest BCUT2D eigenvalue weighted by atomic mass is 10.1. The summed E-state index contributed by atoms with van der Waals surface area (Å²) in [6.07, 6.45) is 60.3. The molecule has 0 aromatic carbocycles. The number of hydrogen-bond acceptors (Lipinski definition) is 6. The minimum Gasteiger partial charge on any atom is -0.462 e. The fourth-order valence-electron chi connectivity index (χ4n) is 6.67. The van der Waals surface area contributed by atoms with Crippen LogP contribution in [0.2, 0.25) is 0 Å². The third-order valence-corrected chi connectivity index (χ3v) is 10.5. The van der Waals surface area contributed by atoms with Crippen molar-refractivity contribution in [3.8, 4) is 0 Å². The molecule has 0 heterocycles. The van der Waals surface area contributed by atoms with Crippen molar-refractivity contribution >= 4 is 17.9 Å². The number of ether oxygens (including phenoxy) is 3. The Hall–Kier alpha value is -3.15. The van der Waals surface area contributed by atoms with Crippen molar-refractivity contribution in [1.29, 1.82) is 0 Å². The monoisotopic (exact) mass is 837 g/mol. The van der Waals surface area contributed by atoms with Crippen LogP contribution in [0.4, 0.5) is 0 Å². The molecule has 6 nitrogen and oxygen atoms in total. The van der Waals surface area contributed by atoms with Crippen molar-refractivity contribution < 1.29 is 28.6 Å². The Bertz CT molecular complexity index is 1140. The molecule has 0 aliphatic heterocycles. The lowest BCUT2D eigenvalue weighted by molar-refractivity contribution is -0.167. The Morgan fingerprint density at radius 2 is 0.633 bits per heavy atom. The van der Waals surface area contributed by atoms with Gasteiger partial charge in [-0.2, -0.15) is 0 Å². The van der Waals surface area contributed by atoms with Gasteiger partial charge in [0.1, 0.15) is 13.2 Å². The minimum absolute atomic E-state index is 0.0999. The smallest absolute Gasteiger partial charge is 0.306 e. The molecule has 0 rings (SSSR count). The maximum atomic E-state index is 12.8. The molecule has 0 aliphatic carbocycles. The van der Waals surface area contributed by atoms with Crippen LogP contribution in [0.5, 0.6) is 0 Å². The number of unbranched alkanes of at least 4 members (excludes halogenated alkanes) is 24. The highest BCUT2D eigenvalue weighted by Crippen LogP contribution is 2.13. The van der Waals surface area contributed by atoms with Crippen molar-refractivity contribution in [2.75, 3.05) is 13.2 Å². The molecule has 0 aliphatic rings. The highest BCUT2D eigenvalue weighted by Gasteiger charge is 2.19. The van der Waals surface area contributed by atoms with Gasteiger partial charge in [-0.05, 0) is 89.9 Å². The zero-order chi connectivity index (χ0) is 43.7. The van der Waals surface area contributed by atoms with Crippen LogP contribution in [0.1, 0.15) is 233 Å². The normalized spacial score (nSPS) is 12.7. The Morgan fingerprint density at radius 3 is 1.10 bits per heavy atom. The molecule has 0 bridgehead atoms. The first kappa shape index (κ1) is 56.9. The summed E-state index contributed by atoms with van der Waals surface area (Å²) in [6, 6.07) is 0. The summed E-state index contributed by atoms with van der Waals surface area (Å²) >= 11 is 0. The van der Waals surface area contributed by atoms with Crippen LogP contribution in [0, 0.1) is 0 Å². The van der Waals surface area contributed by atoms with E-state index in [0.29, 0.717) is 25.7 Å². The zero-order valence-electron chi connectivity index (χ0n) is 39.2. The maximum absolute atomic E-state index is 12.8. The highest BCUT2D eigenvalue weighted by molar-refractivity contribution is 5.71. The van der Waals surface area contributed by atoms with Crippen LogP contribution in [0.15, 0.2) is 72.9 Å². The molecule has 0 amide bonds. The van der Waals surface area contributed by atoms with Gasteiger partial charge >= 0.3 is 17.9 Å². The maximum Gasteiger partial charge on any atom is 0.306 e. The average Bonchev–Trinajstić information content (AvgIpc) is 3.24. The summed E-state index contributed by atoms with van der Waals surface area (Å²) in [7, 11) is 0. The van der Waals surface area contributed by atoms with E-state index in [1.807, 2.05) is 0 Å². The van der Waals surface area contributed by atoms with Crippen LogP contribution in [0.3, 0.4) is 0 Å². The third kappa shape index (κ3) is 45.9. The van der Waals surface area contributed by atoms with Gasteiger partial charge in [-0.1, -0.05) is 196 Å². The fraction of sp³-hybridized carbons (Fsp3) is 0.722. The molecule has 0 aromatic heterocycles. The quantitative estimate of drug-likeness (QED) is 0.0200. The van der Waals surface area contributed by atoms with E-state index in [1.165, 1.54) is 96.3 Å². The first-order valence-corrected chi connectivity index (χ1v) is 25.0. The van der Waals surface area contributed by atoms with Gasteiger partial charge in [-0.3, -0.25) is 14.4 Å². The number of carbonyl (C=O) groups excluding carboxylic acids is 3. The predicted molar refractivity (Wildman–Crippen MR) is 256 cm³/mol. The van der Waals surface area contributed by atoms with Crippen molar-refractivity contribution in [1.82, 2.24) is 0 Å². The SMILES string of the molecule is CCCCC/C=C\C=C/CCCCCCCCC(=O)OC(COC(=O)CCC/C=C\CCCCCC)COC(=O)CCCCCCC\C=C/C=C\C=C/CCCCCCC. The Kier molecular flexibility index (Phi) is 46.0. The van der Waals surface area contributed by atoms with Crippen LogP contribution in [-0.2, 0) is 28.6 Å². The van der Waals surface area contributed by atoms with Gasteiger partial charge in [0.25, 0.3) is 0 Å². The summed E-state index contributed by atoms with van der Waals surface area (Å²) in [5.74, 6) is -0.968. The van der Waals surface area contributed by atoms with Gasteiger partial charge in [0.05, 0.1) is 0 Å². The van der Waals surface area contributed by atoms with Crippen LogP contribution < -0.4 is 0 Å². The number of allylic oxidation sites excluding steroid dienone is 12. The fourth-order valence-corrected chi connectivity index (χ4v) is 6.67. The number of carbonyl (C=O) groups is 3. The topological polar surface area (TPSA) is 78.9 Å². The molecule has 0 saturated heterocycles. The van der Waals surface area contributed by atoms with Crippen molar-refractivity contribution in [2.45, 2.75) is 239 Å². The van der Waals surface area contributed by atoms with Gasteiger partial charge < -0.3 is 14.2 Å². The second kappa shape index (κ2) is 48.5. The third-order valence-electron chi connectivity index (χ3n) is 10.5. The number of rotatable bonds is 44. The minimum atomic E-state index is -0.799. The molecule has 344 valence electrons. The lowest BCUT2D eigenvalue weighted by Gasteiger charge is -2.18. The van der Waals surface area contributed by atoms with E-state index < -0.39 is 6.10 Å². The molecule has 60 heavy (non-hydrogen) atoms. The molecule has 1 atom stereocenters. The first-order chi connectivity index (χ1) is 29.5. The Labute approximate surface area is 370 Å². The first-order valence-electron chi connectivity index (χ1n) is 25.0. The van der Waals surface area contributed by atoms with Crippen molar-refractivity contribution in [3.63, 3.8) is 0 Å². The summed E-state index contributed by atoms with van der Waals surface area (Å²) in [4.78, 5) is 37.8. The summed E-state index contributed by atoms with van der Waals surface area (Å²) in [5.41, 5.74) is 0. The largest absolute Gasteiger partial charge is 0.462 e. The Morgan fingerprint density at radius 1 is 0.333 bits per heavy atom.